The van der Waals surface area contributed by atoms with E-state index in [1.54, 1.807) is 0 Å². The summed E-state index contributed by atoms with van der Waals surface area (Å²) in [5.41, 5.74) is 3.60. The summed E-state index contributed by atoms with van der Waals surface area (Å²) < 4.78 is 2.03. The lowest BCUT2D eigenvalue weighted by molar-refractivity contribution is -0.117. The topological polar surface area (TPSA) is 61.1 Å². The first kappa shape index (κ1) is 20.7. The van der Waals surface area contributed by atoms with Crippen molar-refractivity contribution in [1.82, 2.24) is 9.47 Å². The smallest absolute Gasteiger partial charge is 0.239 e. The molecule has 0 radical (unpaired) electrons. The summed E-state index contributed by atoms with van der Waals surface area (Å²) in [6.07, 6.45) is 2.18. The molecular weight excluding hydrogens is 336 g/mol. The number of rotatable bonds is 9. The van der Waals surface area contributed by atoms with Crippen LogP contribution >= 0.6 is 0 Å². The zero-order valence-electron chi connectivity index (χ0n) is 16.9. The summed E-state index contributed by atoms with van der Waals surface area (Å²) >= 11 is 0. The minimum absolute atomic E-state index is 0.0729. The second kappa shape index (κ2) is 9.94. The van der Waals surface area contributed by atoms with Gasteiger partial charge in [0.25, 0.3) is 0 Å². The number of benzene rings is 1. The number of carbonyl (C=O) groups excluding carboxylic acids is 1. The van der Waals surface area contributed by atoms with Gasteiger partial charge >= 0.3 is 0 Å². The number of amides is 1. The molecule has 1 amide bonds. The zero-order valence-corrected chi connectivity index (χ0v) is 16.9. The van der Waals surface area contributed by atoms with Gasteiger partial charge in [-0.2, -0.15) is 5.26 Å². The number of carbonyl (C=O) groups is 1. The molecule has 27 heavy (non-hydrogen) atoms. The Morgan fingerprint density at radius 2 is 1.93 bits per heavy atom. The van der Waals surface area contributed by atoms with Crippen LogP contribution in [0.2, 0.25) is 0 Å². The second-order valence-corrected chi connectivity index (χ2v) is 6.89. The summed E-state index contributed by atoms with van der Waals surface area (Å²) in [4.78, 5) is 14.8. The number of hydrogen-bond donors (Lipinski definition) is 1. The third-order valence-corrected chi connectivity index (χ3v) is 5.02. The minimum atomic E-state index is -0.0729. The molecule has 0 spiro atoms. The molecule has 1 N–H and O–H groups in total. The van der Waals surface area contributed by atoms with E-state index in [9.17, 15) is 10.1 Å². The number of nitrogens with one attached hydrogen (secondary N) is 1. The van der Waals surface area contributed by atoms with E-state index < -0.39 is 0 Å². The number of likely N-dealkylation sites (N-methyl/N-ethyl adjacent to an activating group) is 1. The van der Waals surface area contributed by atoms with Crippen molar-refractivity contribution in [3.8, 4) is 6.07 Å². The van der Waals surface area contributed by atoms with E-state index >= 15 is 0 Å². The molecule has 0 bridgehead atoms. The summed E-state index contributed by atoms with van der Waals surface area (Å²) in [6.45, 7) is 10.9. The summed E-state index contributed by atoms with van der Waals surface area (Å²) in [7, 11) is 0. The highest BCUT2D eigenvalue weighted by Crippen LogP contribution is 2.27. The van der Waals surface area contributed by atoms with Gasteiger partial charge in [-0.05, 0) is 44.5 Å². The molecule has 0 aliphatic rings. The van der Waals surface area contributed by atoms with Crippen LogP contribution in [0.15, 0.2) is 30.3 Å². The lowest BCUT2D eigenvalue weighted by Gasteiger charge is -2.20. The summed E-state index contributed by atoms with van der Waals surface area (Å²) in [5.74, 6) is 0.532. The Morgan fingerprint density at radius 1 is 1.22 bits per heavy atom. The molecule has 1 heterocycles. The van der Waals surface area contributed by atoms with Crippen molar-refractivity contribution < 1.29 is 4.79 Å². The molecule has 0 aliphatic carbocycles. The van der Waals surface area contributed by atoms with Crippen LogP contribution in [0.1, 0.15) is 49.1 Å². The molecule has 0 fully saturated rings. The van der Waals surface area contributed by atoms with Crippen molar-refractivity contribution in [1.29, 1.82) is 5.26 Å². The highest BCUT2D eigenvalue weighted by molar-refractivity contribution is 5.93. The van der Waals surface area contributed by atoms with Crippen LogP contribution < -0.4 is 5.32 Å². The average Bonchev–Trinajstić information content (AvgIpc) is 2.89. The average molecular weight is 367 g/mol. The van der Waals surface area contributed by atoms with Crippen LogP contribution in [0, 0.1) is 25.2 Å². The van der Waals surface area contributed by atoms with E-state index in [4.69, 9.17) is 0 Å². The van der Waals surface area contributed by atoms with Gasteiger partial charge in [-0.1, -0.05) is 50.6 Å². The fourth-order valence-electron chi connectivity index (χ4n) is 3.20. The lowest BCUT2D eigenvalue weighted by Crippen LogP contribution is -2.34. The van der Waals surface area contributed by atoms with Crippen molar-refractivity contribution in [2.75, 3.05) is 25.0 Å². The van der Waals surface area contributed by atoms with Crippen LogP contribution in [-0.2, 0) is 11.3 Å². The van der Waals surface area contributed by atoms with Crippen LogP contribution in [0.25, 0.3) is 0 Å². The fraction of sp³-hybridized carbons (Fsp3) is 0.455. The predicted molar refractivity (Wildman–Crippen MR) is 110 cm³/mol. The minimum Gasteiger partial charge on any atom is -0.326 e. The molecule has 2 aromatic rings. The van der Waals surface area contributed by atoms with E-state index in [0.717, 1.165) is 42.8 Å². The maximum Gasteiger partial charge on any atom is 0.239 e. The predicted octanol–water partition coefficient (Wildman–Crippen LogP) is 4.09. The van der Waals surface area contributed by atoms with Crippen molar-refractivity contribution in [3.63, 3.8) is 0 Å². The molecule has 1 aromatic carbocycles. The van der Waals surface area contributed by atoms with Crippen molar-refractivity contribution in [2.45, 2.75) is 47.1 Å². The molecule has 0 saturated carbocycles. The molecule has 0 aliphatic heterocycles. The van der Waals surface area contributed by atoms with Crippen LogP contribution in [0.4, 0.5) is 5.82 Å². The standard InChI is InChI=1S/C22H30N4O/c1-5-7-13-25(6-2)16-21(27)24-22-20(14-23)17(3)18(4)26(22)15-19-11-9-8-10-12-19/h8-12H,5-7,13,15-16H2,1-4H3,(H,24,27). The summed E-state index contributed by atoms with van der Waals surface area (Å²) in [5, 5.41) is 12.6. The Morgan fingerprint density at radius 3 is 2.52 bits per heavy atom. The quantitative estimate of drug-likeness (QED) is 0.727. The Labute approximate surface area is 162 Å². The number of hydrogen-bond acceptors (Lipinski definition) is 3. The fourth-order valence-corrected chi connectivity index (χ4v) is 3.20. The van der Waals surface area contributed by atoms with Gasteiger partial charge < -0.3 is 9.88 Å². The molecule has 2 rings (SSSR count). The second-order valence-electron chi connectivity index (χ2n) is 6.89. The lowest BCUT2D eigenvalue weighted by atomic mass is 10.2. The Kier molecular flexibility index (Phi) is 7.63. The van der Waals surface area contributed by atoms with Gasteiger partial charge in [-0.15, -0.1) is 0 Å². The number of nitrogens with zero attached hydrogens (tertiary/aromatic N) is 3. The van der Waals surface area contributed by atoms with Crippen LogP contribution in [0.3, 0.4) is 0 Å². The van der Waals surface area contributed by atoms with Crippen molar-refractivity contribution in [3.05, 3.63) is 52.7 Å². The number of unbranched alkanes of at least 4 members (excludes halogenated alkanes) is 1. The number of anilines is 1. The van der Waals surface area contributed by atoms with E-state index in [-0.39, 0.29) is 5.91 Å². The van der Waals surface area contributed by atoms with E-state index in [2.05, 4.69) is 42.3 Å². The highest BCUT2D eigenvalue weighted by atomic mass is 16.2. The largest absolute Gasteiger partial charge is 0.326 e. The molecule has 0 atom stereocenters. The molecule has 0 unspecified atom stereocenters. The molecule has 5 nitrogen and oxygen atoms in total. The van der Waals surface area contributed by atoms with Crippen molar-refractivity contribution >= 4 is 11.7 Å². The van der Waals surface area contributed by atoms with Gasteiger partial charge in [-0.25, -0.2) is 0 Å². The van der Waals surface area contributed by atoms with Gasteiger partial charge in [0.1, 0.15) is 11.9 Å². The first-order valence-electron chi connectivity index (χ1n) is 9.67. The molecule has 1 aromatic heterocycles. The molecule has 0 saturated heterocycles. The summed E-state index contributed by atoms with van der Waals surface area (Å²) in [6, 6.07) is 12.3. The van der Waals surface area contributed by atoms with E-state index in [0.29, 0.717) is 24.5 Å². The Bertz CT molecular complexity index is 802. The SMILES string of the molecule is CCCCN(CC)CC(=O)Nc1c(C#N)c(C)c(C)n1Cc1ccccc1. The first-order valence-corrected chi connectivity index (χ1v) is 9.67. The van der Waals surface area contributed by atoms with E-state index in [1.165, 1.54) is 0 Å². The van der Waals surface area contributed by atoms with Gasteiger partial charge in [0, 0.05) is 12.2 Å². The zero-order chi connectivity index (χ0) is 19.8. The Hall–Kier alpha value is -2.58. The van der Waals surface area contributed by atoms with Crippen molar-refractivity contribution in [2.24, 2.45) is 0 Å². The van der Waals surface area contributed by atoms with Gasteiger partial charge in [-0.3, -0.25) is 9.69 Å². The van der Waals surface area contributed by atoms with Crippen LogP contribution in [0.5, 0.6) is 0 Å². The van der Waals surface area contributed by atoms with Gasteiger partial charge in [0.2, 0.25) is 5.91 Å². The monoisotopic (exact) mass is 366 g/mol. The molecule has 144 valence electrons. The van der Waals surface area contributed by atoms with E-state index in [1.807, 2.05) is 36.6 Å². The third-order valence-electron chi connectivity index (χ3n) is 5.02. The number of aromatic nitrogens is 1. The Balaban J connectivity index is 2.25. The van der Waals surface area contributed by atoms with Gasteiger partial charge in [0.15, 0.2) is 0 Å². The van der Waals surface area contributed by atoms with Gasteiger partial charge in [0.05, 0.1) is 12.1 Å². The first-order chi connectivity index (χ1) is 13.0. The molecular formula is C22H30N4O. The number of nitriles is 1. The highest BCUT2D eigenvalue weighted by Gasteiger charge is 2.20. The third kappa shape index (κ3) is 5.21. The molecule has 5 heteroatoms. The maximum absolute atomic E-state index is 12.7. The van der Waals surface area contributed by atoms with Crippen LogP contribution in [-0.4, -0.2) is 35.0 Å². The normalized spacial score (nSPS) is 10.8. The maximum atomic E-state index is 12.7.